The lowest BCUT2D eigenvalue weighted by atomic mass is 10.2. The summed E-state index contributed by atoms with van der Waals surface area (Å²) in [5.41, 5.74) is 0.0457. The minimum atomic E-state index is -4.60. The van der Waals surface area contributed by atoms with Crippen LogP contribution in [0.2, 0.25) is 5.02 Å². The predicted molar refractivity (Wildman–Crippen MR) is 119 cm³/mol. The first-order valence-corrected chi connectivity index (χ1v) is 11.3. The van der Waals surface area contributed by atoms with Crippen molar-refractivity contribution in [3.63, 3.8) is 0 Å². The van der Waals surface area contributed by atoms with Crippen LogP contribution >= 0.6 is 11.6 Å². The molecule has 0 saturated heterocycles. The highest BCUT2D eigenvalue weighted by Gasteiger charge is 2.30. The van der Waals surface area contributed by atoms with Gasteiger partial charge in [-0.3, -0.25) is 9.52 Å². The molecule has 0 spiro atoms. The molecule has 1 amide bonds. The Morgan fingerprint density at radius 3 is 2.36 bits per heavy atom. The van der Waals surface area contributed by atoms with Crippen LogP contribution in [0, 0.1) is 6.92 Å². The summed E-state index contributed by atoms with van der Waals surface area (Å²) < 4.78 is 71.0. The smallest absolute Gasteiger partial charge is 0.416 e. The number of amides is 1. The molecule has 3 rings (SSSR count). The number of halogens is 4. The second-order valence-corrected chi connectivity index (χ2v) is 8.99. The van der Waals surface area contributed by atoms with E-state index >= 15 is 0 Å². The number of alkyl halides is 3. The zero-order valence-electron chi connectivity index (χ0n) is 17.1. The highest BCUT2D eigenvalue weighted by molar-refractivity contribution is 7.92. The summed E-state index contributed by atoms with van der Waals surface area (Å²) in [6.07, 6.45) is -4.60. The van der Waals surface area contributed by atoms with E-state index in [1.54, 1.807) is 25.1 Å². The lowest BCUT2D eigenvalue weighted by Crippen LogP contribution is -2.20. The van der Waals surface area contributed by atoms with Gasteiger partial charge in [0, 0.05) is 16.4 Å². The van der Waals surface area contributed by atoms with Gasteiger partial charge in [-0.1, -0.05) is 23.7 Å². The van der Waals surface area contributed by atoms with Crippen LogP contribution in [-0.2, 0) is 21.0 Å². The molecule has 0 aliphatic heterocycles. The van der Waals surface area contributed by atoms with Gasteiger partial charge in [0.25, 0.3) is 15.9 Å². The highest BCUT2D eigenvalue weighted by atomic mass is 35.5. The van der Waals surface area contributed by atoms with Crippen LogP contribution < -0.4 is 14.8 Å². The van der Waals surface area contributed by atoms with Crippen LogP contribution in [-0.4, -0.2) is 20.9 Å². The number of nitrogens with one attached hydrogen (secondary N) is 2. The number of rotatable bonds is 7. The third-order valence-electron chi connectivity index (χ3n) is 4.49. The SMILES string of the molecule is Cc1c(Cl)cccc1NC(=O)COc1ccc(S(=O)(=O)Nc2cccc(C(F)(F)F)c2)cc1. The molecule has 0 aliphatic carbocycles. The molecule has 0 atom stereocenters. The van der Waals surface area contributed by atoms with Crippen LogP contribution in [0.4, 0.5) is 24.5 Å². The van der Waals surface area contributed by atoms with E-state index in [0.29, 0.717) is 22.3 Å². The maximum Gasteiger partial charge on any atom is 0.416 e. The van der Waals surface area contributed by atoms with E-state index in [9.17, 15) is 26.4 Å². The Bertz CT molecular complexity index is 1260. The fourth-order valence-corrected chi connectivity index (χ4v) is 3.99. The van der Waals surface area contributed by atoms with E-state index in [1.165, 1.54) is 30.3 Å². The Balaban J connectivity index is 1.62. The molecule has 3 aromatic carbocycles. The molecule has 11 heteroatoms. The first-order valence-electron chi connectivity index (χ1n) is 9.43. The average molecular weight is 499 g/mol. The number of benzene rings is 3. The quantitative estimate of drug-likeness (QED) is 0.451. The van der Waals surface area contributed by atoms with Crippen LogP contribution in [0.5, 0.6) is 5.75 Å². The van der Waals surface area contributed by atoms with Gasteiger partial charge in [0.1, 0.15) is 5.75 Å². The van der Waals surface area contributed by atoms with Crippen LogP contribution in [0.1, 0.15) is 11.1 Å². The van der Waals surface area contributed by atoms with Gasteiger partial charge in [-0.2, -0.15) is 13.2 Å². The maximum atomic E-state index is 12.8. The third-order valence-corrected chi connectivity index (χ3v) is 6.29. The molecule has 0 fully saturated rings. The Hall–Kier alpha value is -3.24. The van der Waals surface area contributed by atoms with E-state index in [1.807, 2.05) is 0 Å². The first kappa shape index (κ1) is 24.4. The molecule has 0 aliphatic rings. The molecular formula is C22H18ClF3N2O4S. The number of carbonyl (C=O) groups is 1. The molecule has 174 valence electrons. The van der Waals surface area contributed by atoms with Gasteiger partial charge in [0.15, 0.2) is 6.61 Å². The summed E-state index contributed by atoms with van der Waals surface area (Å²) in [5, 5.41) is 3.17. The fourth-order valence-electron chi connectivity index (χ4n) is 2.77. The normalized spacial score (nSPS) is 11.7. The summed E-state index contributed by atoms with van der Waals surface area (Å²) in [7, 11) is -4.14. The average Bonchev–Trinajstić information content (AvgIpc) is 2.75. The summed E-state index contributed by atoms with van der Waals surface area (Å²) in [4.78, 5) is 11.9. The molecule has 6 nitrogen and oxygen atoms in total. The summed E-state index contributed by atoms with van der Waals surface area (Å²) in [6.45, 7) is 1.42. The van der Waals surface area contributed by atoms with Gasteiger partial charge in [-0.05, 0) is 67.1 Å². The van der Waals surface area contributed by atoms with Crippen LogP contribution in [0.25, 0.3) is 0 Å². The van der Waals surface area contributed by atoms with Crippen molar-refractivity contribution in [1.82, 2.24) is 0 Å². The first-order chi connectivity index (χ1) is 15.5. The lowest BCUT2D eigenvalue weighted by molar-refractivity contribution is -0.137. The van der Waals surface area contributed by atoms with Gasteiger partial charge in [-0.25, -0.2) is 8.42 Å². The number of sulfonamides is 1. The van der Waals surface area contributed by atoms with Crippen molar-refractivity contribution in [1.29, 1.82) is 0 Å². The molecule has 33 heavy (non-hydrogen) atoms. The number of anilines is 2. The van der Waals surface area contributed by atoms with Crippen molar-refractivity contribution in [3.05, 3.63) is 82.9 Å². The van der Waals surface area contributed by atoms with Crippen molar-refractivity contribution >= 4 is 38.9 Å². The van der Waals surface area contributed by atoms with E-state index in [2.05, 4.69) is 10.0 Å². The molecule has 0 saturated carbocycles. The topological polar surface area (TPSA) is 84.5 Å². The minimum Gasteiger partial charge on any atom is -0.484 e. The number of carbonyl (C=O) groups excluding carboxylic acids is 1. The van der Waals surface area contributed by atoms with Crippen molar-refractivity contribution in [2.24, 2.45) is 0 Å². The Kier molecular flexibility index (Phi) is 7.19. The lowest BCUT2D eigenvalue weighted by Gasteiger charge is -2.12. The van der Waals surface area contributed by atoms with E-state index in [0.717, 1.165) is 12.1 Å². The molecule has 0 aromatic heterocycles. The van der Waals surface area contributed by atoms with Crippen molar-refractivity contribution < 1.29 is 31.1 Å². The van der Waals surface area contributed by atoms with Crippen molar-refractivity contribution in [2.75, 3.05) is 16.6 Å². The van der Waals surface area contributed by atoms with Crippen LogP contribution in [0.15, 0.2) is 71.6 Å². The van der Waals surface area contributed by atoms with Gasteiger partial charge < -0.3 is 10.1 Å². The van der Waals surface area contributed by atoms with E-state index in [4.69, 9.17) is 16.3 Å². The second-order valence-electron chi connectivity index (χ2n) is 6.90. The molecule has 0 heterocycles. The summed E-state index contributed by atoms with van der Waals surface area (Å²) in [5.74, 6) is -0.214. The molecule has 2 N–H and O–H groups in total. The molecule has 3 aromatic rings. The Morgan fingerprint density at radius 1 is 1.03 bits per heavy atom. The largest absolute Gasteiger partial charge is 0.484 e. The molecule has 0 unspecified atom stereocenters. The zero-order valence-corrected chi connectivity index (χ0v) is 18.7. The van der Waals surface area contributed by atoms with Crippen molar-refractivity contribution in [3.8, 4) is 5.75 Å². The van der Waals surface area contributed by atoms with Gasteiger partial charge >= 0.3 is 6.18 Å². The summed E-state index contributed by atoms with van der Waals surface area (Å²) >= 11 is 6.01. The monoisotopic (exact) mass is 498 g/mol. The number of hydrogen-bond acceptors (Lipinski definition) is 4. The number of hydrogen-bond donors (Lipinski definition) is 2. The zero-order chi connectivity index (χ0) is 24.2. The maximum absolute atomic E-state index is 12.8. The van der Waals surface area contributed by atoms with Gasteiger partial charge in [-0.15, -0.1) is 0 Å². The molecular weight excluding hydrogens is 481 g/mol. The molecule has 0 bridgehead atoms. The Morgan fingerprint density at radius 2 is 1.70 bits per heavy atom. The highest BCUT2D eigenvalue weighted by Crippen LogP contribution is 2.31. The summed E-state index contributed by atoms with van der Waals surface area (Å²) in [6, 6.07) is 14.0. The van der Waals surface area contributed by atoms with Gasteiger partial charge in [0.2, 0.25) is 0 Å². The van der Waals surface area contributed by atoms with Gasteiger partial charge in [0.05, 0.1) is 10.5 Å². The van der Waals surface area contributed by atoms with E-state index < -0.39 is 27.7 Å². The molecule has 0 radical (unpaired) electrons. The minimum absolute atomic E-state index is 0.189. The van der Waals surface area contributed by atoms with E-state index in [-0.39, 0.29) is 22.9 Å². The van der Waals surface area contributed by atoms with Crippen LogP contribution in [0.3, 0.4) is 0 Å². The fraction of sp³-hybridized carbons (Fsp3) is 0.136. The van der Waals surface area contributed by atoms with Crippen molar-refractivity contribution in [2.45, 2.75) is 18.0 Å². The predicted octanol–water partition coefficient (Wildman–Crippen LogP) is 5.49. The standard InChI is InChI=1S/C22H18ClF3N2O4S/c1-14-19(23)6-3-7-20(14)27-21(29)13-32-17-8-10-18(11-9-17)33(30,31)28-16-5-2-4-15(12-16)22(24,25)26/h2-12,28H,13H2,1H3,(H,27,29). The third kappa shape index (κ3) is 6.39. The number of ether oxygens (including phenoxy) is 1. The second kappa shape index (κ2) is 9.72. The Labute approximate surface area is 193 Å².